The van der Waals surface area contributed by atoms with Crippen LogP contribution < -0.4 is 5.32 Å². The first-order valence-corrected chi connectivity index (χ1v) is 4.09. The lowest BCUT2D eigenvalue weighted by Crippen LogP contribution is -2.38. The highest BCUT2D eigenvalue weighted by molar-refractivity contribution is 5.78. The number of hydrogen-bond acceptors (Lipinski definition) is 1. The van der Waals surface area contributed by atoms with Crippen molar-refractivity contribution < 1.29 is 18.0 Å². The molecule has 1 atom stereocenters. The number of halogens is 3. The van der Waals surface area contributed by atoms with Gasteiger partial charge in [0.1, 0.15) is 5.92 Å². The lowest BCUT2D eigenvalue weighted by Gasteiger charge is -2.16. The second-order valence-corrected chi connectivity index (χ2v) is 3.40. The number of nitrogens with one attached hydrogen (secondary N) is 1. The van der Waals surface area contributed by atoms with E-state index in [1.165, 1.54) is 0 Å². The summed E-state index contributed by atoms with van der Waals surface area (Å²) in [5, 5.41) is 2.23. The molecule has 0 aliphatic heterocycles. The Labute approximate surface area is 75.5 Å². The van der Waals surface area contributed by atoms with E-state index in [-0.39, 0.29) is 12.5 Å². The van der Waals surface area contributed by atoms with Crippen LogP contribution in [-0.2, 0) is 4.79 Å². The predicted molar refractivity (Wildman–Crippen MR) is 43.1 cm³/mol. The zero-order valence-electron chi connectivity index (χ0n) is 7.90. The molecule has 78 valence electrons. The molecular formula is C8H14F3NO. The van der Waals surface area contributed by atoms with E-state index in [9.17, 15) is 18.0 Å². The van der Waals surface area contributed by atoms with Gasteiger partial charge in [-0.3, -0.25) is 4.79 Å². The molecule has 0 saturated heterocycles. The molecule has 0 saturated carbocycles. The molecule has 1 N–H and O–H groups in total. The van der Waals surface area contributed by atoms with Gasteiger partial charge in [-0.2, -0.15) is 13.2 Å². The van der Waals surface area contributed by atoms with Crippen LogP contribution in [0.2, 0.25) is 0 Å². The van der Waals surface area contributed by atoms with E-state index in [0.717, 1.165) is 6.92 Å². The SMILES string of the molecule is CC(C)CNC(=O)C(C)C(F)(F)F. The lowest BCUT2D eigenvalue weighted by atomic mass is 10.1. The van der Waals surface area contributed by atoms with Crippen molar-refractivity contribution in [2.24, 2.45) is 11.8 Å². The van der Waals surface area contributed by atoms with Gasteiger partial charge in [-0.1, -0.05) is 13.8 Å². The maximum Gasteiger partial charge on any atom is 0.400 e. The second kappa shape index (κ2) is 4.48. The van der Waals surface area contributed by atoms with Crippen LogP contribution in [0, 0.1) is 11.8 Å². The monoisotopic (exact) mass is 197 g/mol. The van der Waals surface area contributed by atoms with Gasteiger partial charge in [0, 0.05) is 6.54 Å². The predicted octanol–water partition coefficient (Wildman–Crippen LogP) is 1.96. The van der Waals surface area contributed by atoms with Crippen LogP contribution in [0.5, 0.6) is 0 Å². The summed E-state index contributed by atoms with van der Waals surface area (Å²) in [7, 11) is 0. The van der Waals surface area contributed by atoms with Gasteiger partial charge in [-0.15, -0.1) is 0 Å². The van der Waals surface area contributed by atoms with E-state index < -0.39 is 18.0 Å². The van der Waals surface area contributed by atoms with Gasteiger partial charge in [0.05, 0.1) is 0 Å². The fourth-order valence-electron chi connectivity index (χ4n) is 0.606. The van der Waals surface area contributed by atoms with E-state index in [1.807, 2.05) is 13.8 Å². The molecular weight excluding hydrogens is 183 g/mol. The van der Waals surface area contributed by atoms with Crippen molar-refractivity contribution in [1.29, 1.82) is 0 Å². The fraction of sp³-hybridized carbons (Fsp3) is 0.875. The number of alkyl halides is 3. The van der Waals surface area contributed by atoms with Crippen molar-refractivity contribution in [3.8, 4) is 0 Å². The number of amides is 1. The molecule has 0 aromatic carbocycles. The molecule has 0 heterocycles. The van der Waals surface area contributed by atoms with Gasteiger partial charge in [-0.25, -0.2) is 0 Å². The molecule has 0 fully saturated rings. The Balaban J connectivity index is 3.98. The summed E-state index contributed by atoms with van der Waals surface area (Å²) in [5.74, 6) is -2.73. The maximum absolute atomic E-state index is 12.0. The Bertz CT molecular complexity index is 177. The van der Waals surface area contributed by atoms with Crippen molar-refractivity contribution in [1.82, 2.24) is 5.32 Å². The first kappa shape index (κ1) is 12.3. The minimum Gasteiger partial charge on any atom is -0.355 e. The largest absolute Gasteiger partial charge is 0.400 e. The topological polar surface area (TPSA) is 29.1 Å². The number of rotatable bonds is 3. The van der Waals surface area contributed by atoms with E-state index in [1.54, 1.807) is 0 Å². The molecule has 0 aromatic heterocycles. The molecule has 13 heavy (non-hydrogen) atoms. The zero-order valence-corrected chi connectivity index (χ0v) is 7.90. The minimum absolute atomic E-state index is 0.157. The average molecular weight is 197 g/mol. The third-order valence-electron chi connectivity index (χ3n) is 1.57. The molecule has 0 aliphatic carbocycles. The van der Waals surface area contributed by atoms with Gasteiger partial charge in [0.2, 0.25) is 5.91 Å². The molecule has 5 heteroatoms. The highest BCUT2D eigenvalue weighted by atomic mass is 19.4. The Kier molecular flexibility index (Phi) is 4.23. The first-order chi connectivity index (χ1) is 5.75. The van der Waals surface area contributed by atoms with E-state index in [2.05, 4.69) is 5.32 Å². The van der Waals surface area contributed by atoms with Crippen molar-refractivity contribution in [3.05, 3.63) is 0 Å². The van der Waals surface area contributed by atoms with Crippen LogP contribution in [0.3, 0.4) is 0 Å². The van der Waals surface area contributed by atoms with Crippen LogP contribution in [0.1, 0.15) is 20.8 Å². The molecule has 0 spiro atoms. The third kappa shape index (κ3) is 4.75. The fourth-order valence-corrected chi connectivity index (χ4v) is 0.606. The van der Waals surface area contributed by atoms with Crippen LogP contribution in [0.4, 0.5) is 13.2 Å². The molecule has 1 amide bonds. The lowest BCUT2D eigenvalue weighted by molar-refractivity contribution is -0.178. The summed E-state index contributed by atoms with van der Waals surface area (Å²) in [6.07, 6.45) is -4.44. The summed E-state index contributed by atoms with van der Waals surface area (Å²) in [4.78, 5) is 10.9. The number of carbonyl (C=O) groups excluding carboxylic acids is 1. The molecule has 0 aliphatic rings. The molecule has 0 rings (SSSR count). The number of carbonyl (C=O) groups is 1. The van der Waals surface area contributed by atoms with Crippen molar-refractivity contribution in [2.45, 2.75) is 26.9 Å². The average Bonchev–Trinajstić information content (AvgIpc) is 1.96. The number of hydrogen-bond donors (Lipinski definition) is 1. The molecule has 0 radical (unpaired) electrons. The van der Waals surface area contributed by atoms with Crippen LogP contribution >= 0.6 is 0 Å². The Hall–Kier alpha value is -0.740. The summed E-state index contributed by atoms with van der Waals surface area (Å²) in [6, 6.07) is 0. The van der Waals surface area contributed by atoms with E-state index >= 15 is 0 Å². The van der Waals surface area contributed by atoms with E-state index in [4.69, 9.17) is 0 Å². The summed E-state index contributed by atoms with van der Waals surface area (Å²) in [6.45, 7) is 4.77. The van der Waals surface area contributed by atoms with Gasteiger partial charge in [-0.05, 0) is 12.8 Å². The zero-order chi connectivity index (χ0) is 10.6. The van der Waals surface area contributed by atoms with E-state index in [0.29, 0.717) is 0 Å². The van der Waals surface area contributed by atoms with Crippen molar-refractivity contribution in [3.63, 3.8) is 0 Å². The second-order valence-electron chi connectivity index (χ2n) is 3.40. The summed E-state index contributed by atoms with van der Waals surface area (Å²) >= 11 is 0. The molecule has 2 nitrogen and oxygen atoms in total. The van der Waals surface area contributed by atoms with Gasteiger partial charge in [0.25, 0.3) is 0 Å². The Morgan fingerprint density at radius 3 is 2.08 bits per heavy atom. The first-order valence-electron chi connectivity index (χ1n) is 4.09. The third-order valence-corrected chi connectivity index (χ3v) is 1.57. The van der Waals surface area contributed by atoms with Crippen molar-refractivity contribution in [2.75, 3.05) is 6.54 Å². The van der Waals surface area contributed by atoms with Gasteiger partial charge >= 0.3 is 6.18 Å². The smallest absolute Gasteiger partial charge is 0.355 e. The van der Waals surface area contributed by atoms with Gasteiger partial charge in [0.15, 0.2) is 0 Å². The molecule has 1 unspecified atom stereocenters. The molecule has 0 aromatic rings. The Morgan fingerprint density at radius 1 is 1.31 bits per heavy atom. The highest BCUT2D eigenvalue weighted by Crippen LogP contribution is 2.25. The Morgan fingerprint density at radius 2 is 1.77 bits per heavy atom. The quantitative estimate of drug-likeness (QED) is 0.736. The van der Waals surface area contributed by atoms with Crippen LogP contribution in [-0.4, -0.2) is 18.6 Å². The molecule has 0 bridgehead atoms. The highest BCUT2D eigenvalue weighted by Gasteiger charge is 2.40. The summed E-state index contributed by atoms with van der Waals surface area (Å²) < 4.78 is 35.9. The van der Waals surface area contributed by atoms with Crippen LogP contribution in [0.15, 0.2) is 0 Å². The normalized spacial score (nSPS) is 14.4. The van der Waals surface area contributed by atoms with Crippen LogP contribution in [0.25, 0.3) is 0 Å². The van der Waals surface area contributed by atoms with Crippen molar-refractivity contribution >= 4 is 5.91 Å². The summed E-state index contributed by atoms with van der Waals surface area (Å²) in [5.41, 5.74) is 0. The maximum atomic E-state index is 12.0. The minimum atomic E-state index is -4.44. The van der Waals surface area contributed by atoms with Gasteiger partial charge < -0.3 is 5.32 Å². The standard InChI is InChI=1S/C8H14F3NO/c1-5(2)4-12-7(13)6(3)8(9,10)11/h5-6H,4H2,1-3H3,(H,12,13).